The van der Waals surface area contributed by atoms with Crippen LogP contribution in [0.4, 0.5) is 4.39 Å². The molecule has 0 radical (unpaired) electrons. The van der Waals surface area contributed by atoms with Crippen LogP contribution in [0, 0.1) is 11.7 Å². The summed E-state index contributed by atoms with van der Waals surface area (Å²) in [5, 5.41) is 3.12. The van der Waals surface area contributed by atoms with Gasteiger partial charge in [0.1, 0.15) is 5.82 Å². The summed E-state index contributed by atoms with van der Waals surface area (Å²) in [5.74, 6) is -0.711. The van der Waals surface area contributed by atoms with Gasteiger partial charge < -0.3 is 11.1 Å². The fraction of sp³-hybridized carbons (Fsp3) is 0.500. The summed E-state index contributed by atoms with van der Waals surface area (Å²) < 4.78 is 13.6. The van der Waals surface area contributed by atoms with Gasteiger partial charge in [0.2, 0.25) is 0 Å². The molecule has 0 fully saturated rings. The van der Waals surface area contributed by atoms with Gasteiger partial charge in [-0.05, 0) is 37.5 Å². The molecule has 0 aliphatic heterocycles. The van der Waals surface area contributed by atoms with Gasteiger partial charge >= 0.3 is 0 Å². The summed E-state index contributed by atoms with van der Waals surface area (Å²) in [6, 6.07) is 3.90. The zero-order chi connectivity index (χ0) is 14.6. The van der Waals surface area contributed by atoms with E-state index >= 15 is 0 Å². The standard InChI is InChI=1S/C14H20ClFN2O.ClH/c1-9(2)7-14(3,8-17)18-13(19)11-6-10(15)4-5-12(11)16;/h4-6,9H,7-8,17H2,1-3H3,(H,18,19);1H. The molecular formula is C14H21Cl2FN2O. The molecule has 1 aromatic rings. The highest BCUT2D eigenvalue weighted by atomic mass is 35.5. The van der Waals surface area contributed by atoms with Crippen molar-refractivity contribution in [2.45, 2.75) is 32.7 Å². The number of halogens is 3. The van der Waals surface area contributed by atoms with Crippen LogP contribution in [0.1, 0.15) is 37.6 Å². The highest BCUT2D eigenvalue weighted by Gasteiger charge is 2.27. The molecule has 1 unspecified atom stereocenters. The van der Waals surface area contributed by atoms with Crippen LogP contribution in [0.3, 0.4) is 0 Å². The maximum absolute atomic E-state index is 13.6. The Bertz CT molecular complexity index is 468. The Hall–Kier alpha value is -0.840. The second-order valence-electron chi connectivity index (χ2n) is 5.44. The summed E-state index contributed by atoms with van der Waals surface area (Å²) in [4.78, 5) is 12.1. The molecule has 1 rings (SSSR count). The molecule has 1 atom stereocenters. The number of hydrogen-bond acceptors (Lipinski definition) is 2. The van der Waals surface area contributed by atoms with Crippen LogP contribution in [0.5, 0.6) is 0 Å². The fourth-order valence-corrected chi connectivity index (χ4v) is 2.27. The monoisotopic (exact) mass is 322 g/mol. The van der Waals surface area contributed by atoms with Crippen molar-refractivity contribution in [2.75, 3.05) is 6.54 Å². The van der Waals surface area contributed by atoms with E-state index in [2.05, 4.69) is 5.32 Å². The molecule has 1 aromatic carbocycles. The van der Waals surface area contributed by atoms with E-state index in [1.807, 2.05) is 20.8 Å². The molecule has 0 spiro atoms. The van der Waals surface area contributed by atoms with Crippen LogP contribution in [0.25, 0.3) is 0 Å². The Kier molecular flexibility index (Phi) is 7.49. The number of carbonyl (C=O) groups excluding carboxylic acids is 1. The lowest BCUT2D eigenvalue weighted by Gasteiger charge is -2.31. The Morgan fingerprint density at radius 1 is 1.50 bits per heavy atom. The zero-order valence-corrected chi connectivity index (χ0v) is 13.4. The van der Waals surface area contributed by atoms with Gasteiger partial charge in [0.25, 0.3) is 5.91 Å². The van der Waals surface area contributed by atoms with Crippen LogP contribution in [0.2, 0.25) is 5.02 Å². The van der Waals surface area contributed by atoms with Gasteiger partial charge in [0, 0.05) is 17.1 Å². The highest BCUT2D eigenvalue weighted by molar-refractivity contribution is 6.31. The first-order chi connectivity index (χ1) is 8.77. The molecule has 0 aromatic heterocycles. The van der Waals surface area contributed by atoms with Gasteiger partial charge in [-0.2, -0.15) is 0 Å². The molecule has 114 valence electrons. The Morgan fingerprint density at radius 3 is 2.60 bits per heavy atom. The molecule has 0 bridgehead atoms. The normalized spacial score (nSPS) is 13.6. The van der Waals surface area contributed by atoms with Crippen molar-refractivity contribution in [3.63, 3.8) is 0 Å². The van der Waals surface area contributed by atoms with E-state index in [9.17, 15) is 9.18 Å². The average molecular weight is 323 g/mol. The quantitative estimate of drug-likeness (QED) is 0.873. The third kappa shape index (κ3) is 5.27. The minimum atomic E-state index is -0.592. The maximum atomic E-state index is 13.6. The second-order valence-corrected chi connectivity index (χ2v) is 5.88. The molecule has 0 saturated heterocycles. The number of benzene rings is 1. The SMILES string of the molecule is CC(C)CC(C)(CN)NC(=O)c1cc(Cl)ccc1F.Cl. The molecular weight excluding hydrogens is 302 g/mol. The van der Waals surface area contributed by atoms with Gasteiger partial charge in [0.05, 0.1) is 5.56 Å². The first-order valence-corrected chi connectivity index (χ1v) is 6.63. The van der Waals surface area contributed by atoms with Crippen LogP contribution >= 0.6 is 24.0 Å². The maximum Gasteiger partial charge on any atom is 0.254 e. The summed E-state index contributed by atoms with van der Waals surface area (Å²) in [6.45, 7) is 6.23. The molecule has 0 heterocycles. The molecule has 3 N–H and O–H groups in total. The van der Waals surface area contributed by atoms with Gasteiger partial charge in [-0.3, -0.25) is 4.79 Å². The van der Waals surface area contributed by atoms with Crippen molar-refractivity contribution < 1.29 is 9.18 Å². The number of nitrogens with two attached hydrogens (primary N) is 1. The highest BCUT2D eigenvalue weighted by Crippen LogP contribution is 2.19. The topological polar surface area (TPSA) is 55.1 Å². The molecule has 3 nitrogen and oxygen atoms in total. The smallest absolute Gasteiger partial charge is 0.254 e. The number of rotatable bonds is 5. The van der Waals surface area contributed by atoms with E-state index in [0.29, 0.717) is 17.5 Å². The van der Waals surface area contributed by atoms with Crippen molar-refractivity contribution in [3.05, 3.63) is 34.6 Å². The lowest BCUT2D eigenvalue weighted by molar-refractivity contribution is 0.0894. The van der Waals surface area contributed by atoms with Crippen molar-refractivity contribution in [1.82, 2.24) is 5.32 Å². The van der Waals surface area contributed by atoms with Gasteiger partial charge in [0.15, 0.2) is 0 Å². The number of nitrogens with one attached hydrogen (secondary N) is 1. The summed E-state index contributed by atoms with van der Waals surface area (Å²) in [7, 11) is 0. The van der Waals surface area contributed by atoms with E-state index < -0.39 is 17.3 Å². The third-order valence-electron chi connectivity index (χ3n) is 2.90. The molecule has 6 heteroatoms. The number of amides is 1. The van der Waals surface area contributed by atoms with Crippen molar-refractivity contribution in [3.8, 4) is 0 Å². The second kappa shape index (κ2) is 7.81. The first-order valence-electron chi connectivity index (χ1n) is 6.25. The van der Waals surface area contributed by atoms with Gasteiger partial charge in [-0.25, -0.2) is 4.39 Å². The van der Waals surface area contributed by atoms with Gasteiger partial charge in [-0.1, -0.05) is 25.4 Å². The zero-order valence-electron chi connectivity index (χ0n) is 11.9. The van der Waals surface area contributed by atoms with Crippen LogP contribution in [-0.2, 0) is 0 Å². The lowest BCUT2D eigenvalue weighted by Crippen LogP contribution is -2.52. The largest absolute Gasteiger partial charge is 0.346 e. The van der Waals surface area contributed by atoms with E-state index in [1.54, 1.807) is 0 Å². The van der Waals surface area contributed by atoms with Crippen LogP contribution in [0.15, 0.2) is 18.2 Å². The van der Waals surface area contributed by atoms with Crippen molar-refractivity contribution >= 4 is 29.9 Å². The van der Waals surface area contributed by atoms with E-state index in [0.717, 1.165) is 6.42 Å². The predicted molar refractivity (Wildman–Crippen MR) is 83.0 cm³/mol. The number of hydrogen-bond donors (Lipinski definition) is 2. The Morgan fingerprint density at radius 2 is 2.10 bits per heavy atom. The first kappa shape index (κ1) is 19.2. The fourth-order valence-electron chi connectivity index (χ4n) is 2.10. The third-order valence-corrected chi connectivity index (χ3v) is 3.13. The minimum Gasteiger partial charge on any atom is -0.346 e. The summed E-state index contributed by atoms with van der Waals surface area (Å²) >= 11 is 5.78. The van der Waals surface area contributed by atoms with Crippen molar-refractivity contribution in [2.24, 2.45) is 11.7 Å². The minimum absolute atomic E-state index is 0. The molecule has 1 amide bonds. The average Bonchev–Trinajstić information content (AvgIpc) is 2.31. The van der Waals surface area contributed by atoms with Crippen LogP contribution in [-0.4, -0.2) is 18.0 Å². The Labute approximate surface area is 130 Å². The molecule has 0 saturated carbocycles. The van der Waals surface area contributed by atoms with E-state index in [4.69, 9.17) is 17.3 Å². The summed E-state index contributed by atoms with van der Waals surface area (Å²) in [5.41, 5.74) is 5.10. The number of carbonyl (C=O) groups is 1. The van der Waals surface area contributed by atoms with E-state index in [1.165, 1.54) is 18.2 Å². The molecule has 0 aliphatic rings. The summed E-state index contributed by atoms with van der Waals surface area (Å²) in [6.07, 6.45) is 0.720. The Balaban J connectivity index is 0.00000361. The van der Waals surface area contributed by atoms with E-state index in [-0.39, 0.29) is 18.0 Å². The predicted octanol–water partition coefficient (Wildman–Crippen LogP) is 3.39. The van der Waals surface area contributed by atoms with Gasteiger partial charge in [-0.15, -0.1) is 12.4 Å². The van der Waals surface area contributed by atoms with Crippen molar-refractivity contribution in [1.29, 1.82) is 0 Å². The van der Waals surface area contributed by atoms with Crippen LogP contribution < -0.4 is 11.1 Å². The molecule has 20 heavy (non-hydrogen) atoms. The lowest BCUT2D eigenvalue weighted by atomic mass is 9.90. The molecule has 0 aliphatic carbocycles.